The summed E-state index contributed by atoms with van der Waals surface area (Å²) >= 11 is 12.7. The van der Waals surface area contributed by atoms with Crippen LogP contribution in [-0.4, -0.2) is 43.5 Å². The molecule has 0 aromatic heterocycles. The third kappa shape index (κ3) is 6.78. The lowest BCUT2D eigenvalue weighted by atomic mass is 10.1. The van der Waals surface area contributed by atoms with Crippen molar-refractivity contribution in [2.24, 2.45) is 0 Å². The van der Waals surface area contributed by atoms with Gasteiger partial charge in [-0.3, -0.25) is 9.59 Å². The predicted octanol–water partition coefficient (Wildman–Crippen LogP) is 4.89. The highest BCUT2D eigenvalue weighted by atomic mass is 35.5. The summed E-state index contributed by atoms with van der Waals surface area (Å²) in [5.41, 5.74) is 1.54. The molecule has 2 amide bonds. The van der Waals surface area contributed by atoms with Gasteiger partial charge in [0.2, 0.25) is 11.8 Å². The van der Waals surface area contributed by atoms with Crippen molar-refractivity contribution < 1.29 is 19.1 Å². The molecule has 8 heteroatoms. The van der Waals surface area contributed by atoms with Crippen LogP contribution in [0.2, 0.25) is 10.0 Å². The summed E-state index contributed by atoms with van der Waals surface area (Å²) in [5, 5.41) is 3.76. The first-order chi connectivity index (χ1) is 15.3. The van der Waals surface area contributed by atoms with Crippen LogP contribution in [0.4, 0.5) is 0 Å². The van der Waals surface area contributed by atoms with E-state index in [0.717, 1.165) is 12.0 Å². The topological polar surface area (TPSA) is 67.9 Å². The molecule has 1 unspecified atom stereocenters. The molecule has 0 fully saturated rings. The molecule has 0 bridgehead atoms. The van der Waals surface area contributed by atoms with Gasteiger partial charge in [-0.2, -0.15) is 0 Å². The number of benzene rings is 2. The lowest BCUT2D eigenvalue weighted by molar-refractivity contribution is -0.140. The van der Waals surface area contributed by atoms with E-state index >= 15 is 0 Å². The number of carbonyl (C=O) groups is 2. The lowest BCUT2D eigenvalue weighted by Gasteiger charge is -2.29. The molecule has 0 aliphatic carbocycles. The Morgan fingerprint density at radius 2 is 1.72 bits per heavy atom. The number of nitrogens with zero attached hydrogens (tertiary/aromatic N) is 1. The second-order valence-corrected chi connectivity index (χ2v) is 8.19. The molecule has 0 saturated carbocycles. The molecule has 1 atom stereocenters. The summed E-state index contributed by atoms with van der Waals surface area (Å²) in [5.74, 6) is 0.840. The van der Waals surface area contributed by atoms with Gasteiger partial charge in [0, 0.05) is 35.1 Å². The van der Waals surface area contributed by atoms with Crippen molar-refractivity contribution in [3.8, 4) is 11.5 Å². The molecule has 1 N–H and O–H groups in total. The fraction of sp³-hybridized carbons (Fsp3) is 0.417. The van der Waals surface area contributed by atoms with Crippen LogP contribution in [0.25, 0.3) is 0 Å². The second-order valence-electron chi connectivity index (χ2n) is 7.38. The molecule has 2 aromatic rings. The molecule has 0 saturated heterocycles. The van der Waals surface area contributed by atoms with Gasteiger partial charge in [0.25, 0.3) is 0 Å². The molecular formula is C24H30Cl2N2O4. The maximum absolute atomic E-state index is 13.2. The number of hydrogen-bond donors (Lipinski definition) is 1. The average molecular weight is 481 g/mol. The third-order valence-corrected chi connectivity index (χ3v) is 5.89. The monoisotopic (exact) mass is 480 g/mol. The summed E-state index contributed by atoms with van der Waals surface area (Å²) in [4.78, 5) is 27.4. The summed E-state index contributed by atoms with van der Waals surface area (Å²) in [6, 6.07) is 10.1. The van der Waals surface area contributed by atoms with Gasteiger partial charge < -0.3 is 19.7 Å². The number of halogens is 2. The van der Waals surface area contributed by atoms with Crippen LogP contribution in [0.3, 0.4) is 0 Å². The van der Waals surface area contributed by atoms with Crippen molar-refractivity contribution in [1.82, 2.24) is 10.2 Å². The summed E-state index contributed by atoms with van der Waals surface area (Å²) in [7, 11) is 3.14. The van der Waals surface area contributed by atoms with E-state index in [1.54, 1.807) is 45.4 Å². The van der Waals surface area contributed by atoms with Crippen LogP contribution in [0, 0.1) is 0 Å². The number of methoxy groups -OCH3 is 2. The van der Waals surface area contributed by atoms with Gasteiger partial charge in [0.1, 0.15) is 6.04 Å². The number of nitrogens with one attached hydrogen (secondary N) is 1. The Morgan fingerprint density at radius 1 is 1.06 bits per heavy atom. The minimum Gasteiger partial charge on any atom is -0.493 e. The number of hydrogen-bond acceptors (Lipinski definition) is 4. The predicted molar refractivity (Wildman–Crippen MR) is 128 cm³/mol. The standard InChI is InChI=1S/C24H30Cl2N2O4/c1-5-13-27-24(30)16(2)28(15-18-19(25)7-6-8-20(18)26)23(29)12-10-17-9-11-21(31-3)22(14-17)32-4/h6-9,11,14,16H,5,10,12-13,15H2,1-4H3,(H,27,30). The van der Waals surface area contributed by atoms with E-state index in [0.29, 0.717) is 40.1 Å². The number of ether oxygens (including phenoxy) is 2. The quantitative estimate of drug-likeness (QED) is 0.497. The van der Waals surface area contributed by atoms with E-state index in [-0.39, 0.29) is 24.8 Å². The van der Waals surface area contributed by atoms with Gasteiger partial charge in [0.05, 0.1) is 14.2 Å². The Balaban J connectivity index is 2.22. The van der Waals surface area contributed by atoms with Crippen molar-refractivity contribution in [1.29, 1.82) is 0 Å². The van der Waals surface area contributed by atoms with Crippen molar-refractivity contribution >= 4 is 35.0 Å². The van der Waals surface area contributed by atoms with E-state index in [1.165, 1.54) is 4.90 Å². The van der Waals surface area contributed by atoms with E-state index in [9.17, 15) is 9.59 Å². The fourth-order valence-corrected chi connectivity index (χ4v) is 3.78. The minimum atomic E-state index is -0.674. The van der Waals surface area contributed by atoms with Gasteiger partial charge >= 0.3 is 0 Å². The smallest absolute Gasteiger partial charge is 0.242 e. The number of aryl methyl sites for hydroxylation is 1. The number of carbonyl (C=O) groups excluding carboxylic acids is 2. The Kier molecular flexibility index (Phi) is 10.1. The molecule has 2 aromatic carbocycles. The summed E-state index contributed by atoms with van der Waals surface area (Å²) in [6.45, 7) is 4.37. The number of amides is 2. The van der Waals surface area contributed by atoms with Crippen molar-refractivity contribution in [3.63, 3.8) is 0 Å². The van der Waals surface area contributed by atoms with Gasteiger partial charge in [-0.15, -0.1) is 0 Å². The van der Waals surface area contributed by atoms with Gasteiger partial charge in [-0.05, 0) is 49.6 Å². The van der Waals surface area contributed by atoms with E-state index in [1.807, 2.05) is 19.1 Å². The first-order valence-electron chi connectivity index (χ1n) is 10.5. The van der Waals surface area contributed by atoms with Crippen molar-refractivity contribution in [2.75, 3.05) is 20.8 Å². The molecule has 0 aliphatic heterocycles. The van der Waals surface area contributed by atoms with Crippen molar-refractivity contribution in [3.05, 3.63) is 57.6 Å². The van der Waals surface area contributed by atoms with Crippen LogP contribution in [0.5, 0.6) is 11.5 Å². The molecular weight excluding hydrogens is 451 g/mol. The highest BCUT2D eigenvalue weighted by Crippen LogP contribution is 2.29. The van der Waals surface area contributed by atoms with Crippen molar-refractivity contribution in [2.45, 2.75) is 45.7 Å². The Morgan fingerprint density at radius 3 is 2.31 bits per heavy atom. The fourth-order valence-electron chi connectivity index (χ4n) is 3.26. The molecule has 0 heterocycles. The highest BCUT2D eigenvalue weighted by Gasteiger charge is 2.27. The summed E-state index contributed by atoms with van der Waals surface area (Å²) < 4.78 is 10.6. The normalized spacial score (nSPS) is 11.6. The van der Waals surface area contributed by atoms with Crippen LogP contribution >= 0.6 is 23.2 Å². The number of rotatable bonds is 11. The Bertz CT molecular complexity index is 916. The Hall–Kier alpha value is -2.44. The maximum atomic E-state index is 13.2. The molecule has 32 heavy (non-hydrogen) atoms. The maximum Gasteiger partial charge on any atom is 0.242 e. The summed E-state index contributed by atoms with van der Waals surface area (Å²) in [6.07, 6.45) is 1.50. The molecule has 0 spiro atoms. The van der Waals surface area contributed by atoms with Gasteiger partial charge in [-0.25, -0.2) is 0 Å². The van der Waals surface area contributed by atoms with Gasteiger partial charge in [0.15, 0.2) is 11.5 Å². The second kappa shape index (κ2) is 12.6. The van der Waals surface area contributed by atoms with E-state index in [2.05, 4.69) is 5.32 Å². The van der Waals surface area contributed by atoms with Crippen LogP contribution in [-0.2, 0) is 22.6 Å². The molecule has 0 radical (unpaired) electrons. The van der Waals surface area contributed by atoms with Gasteiger partial charge in [-0.1, -0.05) is 42.3 Å². The first kappa shape index (κ1) is 25.8. The van der Waals surface area contributed by atoms with E-state index < -0.39 is 6.04 Å². The zero-order valence-corrected chi connectivity index (χ0v) is 20.4. The zero-order chi connectivity index (χ0) is 23.7. The SMILES string of the molecule is CCCNC(=O)C(C)N(Cc1c(Cl)cccc1Cl)C(=O)CCc1ccc(OC)c(OC)c1. The molecule has 6 nitrogen and oxygen atoms in total. The van der Waals surface area contributed by atoms with Crippen LogP contribution in [0.15, 0.2) is 36.4 Å². The highest BCUT2D eigenvalue weighted by molar-refractivity contribution is 6.36. The van der Waals surface area contributed by atoms with Crippen LogP contribution in [0.1, 0.15) is 37.8 Å². The lowest BCUT2D eigenvalue weighted by Crippen LogP contribution is -2.47. The molecule has 2 rings (SSSR count). The molecule has 0 aliphatic rings. The van der Waals surface area contributed by atoms with E-state index in [4.69, 9.17) is 32.7 Å². The third-order valence-electron chi connectivity index (χ3n) is 5.18. The molecule has 174 valence electrons. The first-order valence-corrected chi connectivity index (χ1v) is 11.3. The largest absolute Gasteiger partial charge is 0.493 e. The minimum absolute atomic E-state index is 0.143. The van der Waals surface area contributed by atoms with Crippen LogP contribution < -0.4 is 14.8 Å². The average Bonchev–Trinajstić information content (AvgIpc) is 2.80. The zero-order valence-electron chi connectivity index (χ0n) is 18.9. The Labute approximate surface area is 199 Å².